The van der Waals surface area contributed by atoms with Crippen LogP contribution in [0.3, 0.4) is 0 Å². The van der Waals surface area contributed by atoms with Crippen molar-refractivity contribution in [2.45, 2.75) is 173 Å². The van der Waals surface area contributed by atoms with Crippen LogP contribution in [0.1, 0.15) is 125 Å². The van der Waals surface area contributed by atoms with E-state index in [1.54, 1.807) is 0 Å². The van der Waals surface area contributed by atoms with Gasteiger partial charge >= 0.3 is 29.8 Å². The number of hydrogen-bond donors (Lipinski definition) is 7. The van der Waals surface area contributed by atoms with Gasteiger partial charge in [0.05, 0.1) is 84.3 Å². The van der Waals surface area contributed by atoms with Gasteiger partial charge in [-0.1, -0.05) is 63.8 Å². The number of cyclic esters (lactones) is 5. The number of quaternary nitrogens is 5. The van der Waals surface area contributed by atoms with Gasteiger partial charge in [0.2, 0.25) is 0 Å². The zero-order valence-corrected chi connectivity index (χ0v) is 53.3. The molecule has 7 N–H and O–H groups in total. The molecular formula is C61H132N7O16+3. The SMILES string of the molecule is C.C.C.CC(C)NCC[NH+]1CCOC(=O)C1.CC(C)OCC(O)C[N+]1(C)CCOC(=O)C1.CC(C)OCC(O)C[NH+]1CCOC(=O)C1.CCC[N+]1(CC(O)COC(C)C)CCOC(=O)C1.CCC[N+]1(CCNC(C)C)CCOC(=O)CC1.[CH3-].[CH3-]. The highest BCUT2D eigenvalue weighted by Crippen LogP contribution is 2.16. The molecule has 0 aliphatic carbocycles. The number of aliphatic hydroxyl groups excluding tert-OH is 3. The fraction of sp³-hybridized carbons (Fsp3) is 0.885. The van der Waals surface area contributed by atoms with Crippen LogP contribution in [0.4, 0.5) is 0 Å². The van der Waals surface area contributed by atoms with Gasteiger partial charge in [0.25, 0.3) is 0 Å². The molecule has 5 heterocycles. The first kappa shape index (κ1) is 89.6. The van der Waals surface area contributed by atoms with Crippen LogP contribution in [-0.4, -0.2) is 292 Å². The summed E-state index contributed by atoms with van der Waals surface area (Å²) in [6.07, 6.45) is 1.53. The summed E-state index contributed by atoms with van der Waals surface area (Å²) in [5.74, 6) is -0.630. The minimum Gasteiger partial charge on any atom is -0.460 e. The molecule has 23 nitrogen and oxygen atoms in total. The lowest BCUT2D eigenvalue weighted by atomic mass is 10.2. The predicted molar refractivity (Wildman–Crippen MR) is 332 cm³/mol. The van der Waals surface area contributed by atoms with E-state index in [9.17, 15) is 39.3 Å². The summed E-state index contributed by atoms with van der Waals surface area (Å²) in [6.45, 7) is 42.5. The number of ether oxygens (including phenoxy) is 8. The van der Waals surface area contributed by atoms with Crippen molar-refractivity contribution in [1.29, 1.82) is 0 Å². The van der Waals surface area contributed by atoms with Crippen molar-refractivity contribution in [2.24, 2.45) is 0 Å². The Hall–Kier alpha value is -3.17. The van der Waals surface area contributed by atoms with E-state index < -0.39 is 18.3 Å². The number of esters is 5. The lowest BCUT2D eigenvalue weighted by molar-refractivity contribution is -0.928. The molecular weight excluding hydrogens is 1090 g/mol. The second-order valence-corrected chi connectivity index (χ2v) is 23.5. The molecule has 5 saturated heterocycles. The fourth-order valence-electron chi connectivity index (χ4n) is 9.72. The molecule has 8 atom stereocenters. The third-order valence-corrected chi connectivity index (χ3v) is 13.7. The highest BCUT2D eigenvalue weighted by molar-refractivity contribution is 5.72. The van der Waals surface area contributed by atoms with Crippen molar-refractivity contribution in [2.75, 3.05) is 184 Å². The predicted octanol–water partition coefficient (Wildman–Crippen LogP) is 0.939. The smallest absolute Gasteiger partial charge is 0.362 e. The van der Waals surface area contributed by atoms with Crippen LogP contribution in [0.2, 0.25) is 0 Å². The molecule has 5 aliphatic rings. The van der Waals surface area contributed by atoms with E-state index in [1.165, 1.54) is 4.90 Å². The largest absolute Gasteiger partial charge is 0.460 e. The summed E-state index contributed by atoms with van der Waals surface area (Å²) < 4.78 is 42.9. The minimum atomic E-state index is -0.529. The van der Waals surface area contributed by atoms with Crippen LogP contribution >= 0.6 is 0 Å². The van der Waals surface area contributed by atoms with Crippen molar-refractivity contribution in [3.05, 3.63) is 14.9 Å². The zero-order valence-electron chi connectivity index (χ0n) is 53.3. The van der Waals surface area contributed by atoms with Gasteiger partial charge < -0.3 is 102 Å². The van der Waals surface area contributed by atoms with E-state index in [4.69, 9.17) is 37.9 Å². The van der Waals surface area contributed by atoms with Gasteiger partial charge in [-0.05, 0) is 54.4 Å². The zero-order chi connectivity index (χ0) is 59.4. The Bertz CT molecular complexity index is 1680. The van der Waals surface area contributed by atoms with E-state index in [-0.39, 0.29) is 85.3 Å². The lowest BCUT2D eigenvalue weighted by Crippen LogP contribution is -3.15. The lowest BCUT2D eigenvalue weighted by Gasteiger charge is -2.41. The van der Waals surface area contributed by atoms with E-state index in [0.29, 0.717) is 126 Å². The minimum absolute atomic E-state index is 0. The maximum atomic E-state index is 11.5. The molecule has 0 saturated carbocycles. The standard InChI is InChI=1S/C13H27N2O2.C13H26NO4.C11H22NO4.C10H19NO4.C9H18N2O2.3CH4.2CH3/c1-4-7-15(9-6-14-12(2)3)8-5-13(16)17-11-10-15;1-4-5-14(6-7-17-13(16)9-14)8-12(15)10-18-11(2)3;1-9(2)16-8-10(13)6-12(3)4-5-15-11(14)7-12;1-8(2)15-7-9(12)5-11-3-4-14-10(13)6-11;1-8(2)10-3-4-11-5-6-13-9(12)7-11;;;;;/h12,14H,4-11H2,1-3H3;11-12,15H,4-10H2,1-3H3;9-10,13H,4-8H2,1-3H3;8-9,12H,3-7H2,1-2H3;8,10H,3-7H2,1-2H3;3*1H4;2*1H3/q3*+1;;;;;;2*-1/p+2. The number of carbonyl (C=O) groups excluding carboxylic acids is 5. The first-order valence-electron chi connectivity index (χ1n) is 29.6. The van der Waals surface area contributed by atoms with E-state index >= 15 is 0 Å². The molecule has 84 heavy (non-hydrogen) atoms. The fourth-order valence-corrected chi connectivity index (χ4v) is 9.72. The van der Waals surface area contributed by atoms with E-state index in [2.05, 4.69) is 52.2 Å². The van der Waals surface area contributed by atoms with Gasteiger partial charge in [0, 0.05) is 25.2 Å². The third kappa shape index (κ3) is 44.3. The molecule has 0 aromatic carbocycles. The molecule has 8 unspecified atom stereocenters. The summed E-state index contributed by atoms with van der Waals surface area (Å²) in [7, 11) is 1.96. The van der Waals surface area contributed by atoms with E-state index in [0.717, 1.165) is 101 Å². The molecule has 23 heteroatoms. The number of hydrogen-bond acceptors (Lipinski definition) is 18. The molecule has 0 aromatic heterocycles. The summed E-state index contributed by atoms with van der Waals surface area (Å²) in [4.78, 5) is 58.2. The maximum absolute atomic E-state index is 11.5. The quantitative estimate of drug-likeness (QED) is 0.0262. The monoisotopic (exact) mass is 1220 g/mol. The Morgan fingerprint density at radius 1 is 0.500 bits per heavy atom. The second kappa shape index (κ2) is 49.8. The molecule has 0 amide bonds. The Kier molecular flexibility index (Phi) is 53.1. The Labute approximate surface area is 511 Å². The van der Waals surface area contributed by atoms with Crippen molar-refractivity contribution in [3.63, 3.8) is 0 Å². The normalized spacial score (nSPS) is 24.0. The van der Waals surface area contributed by atoms with Crippen molar-refractivity contribution in [3.8, 4) is 0 Å². The molecule has 0 bridgehead atoms. The average Bonchev–Trinajstić information content (AvgIpc) is 3.53. The maximum Gasteiger partial charge on any atom is 0.362 e. The summed E-state index contributed by atoms with van der Waals surface area (Å²) >= 11 is 0. The second-order valence-electron chi connectivity index (χ2n) is 23.5. The Morgan fingerprint density at radius 2 is 0.917 bits per heavy atom. The summed E-state index contributed by atoms with van der Waals surface area (Å²) in [6, 6.07) is 1.05. The van der Waals surface area contributed by atoms with Gasteiger partial charge in [-0.25, -0.2) is 19.2 Å². The topological polar surface area (TPSA) is 253 Å². The van der Waals surface area contributed by atoms with Crippen LogP contribution in [0.25, 0.3) is 0 Å². The number of nitrogens with zero attached hydrogens (tertiary/aromatic N) is 3. The van der Waals surface area contributed by atoms with Gasteiger partial charge in [0.15, 0.2) is 26.2 Å². The Morgan fingerprint density at radius 3 is 1.40 bits per heavy atom. The van der Waals surface area contributed by atoms with Gasteiger partial charge in [-0.15, -0.1) is 0 Å². The summed E-state index contributed by atoms with van der Waals surface area (Å²) in [5.41, 5.74) is 0. The average molecular weight is 1220 g/mol. The highest BCUT2D eigenvalue weighted by atomic mass is 16.6. The molecule has 0 spiro atoms. The van der Waals surface area contributed by atoms with Crippen molar-refractivity contribution >= 4 is 29.8 Å². The van der Waals surface area contributed by atoms with Crippen molar-refractivity contribution in [1.82, 2.24) is 10.6 Å². The van der Waals surface area contributed by atoms with Gasteiger partial charge in [-0.2, -0.15) is 0 Å². The van der Waals surface area contributed by atoms with E-state index in [1.807, 2.05) is 48.6 Å². The number of carbonyl (C=O) groups is 5. The number of likely N-dealkylation sites (N-methyl/N-ethyl adjacent to an activating group) is 1. The van der Waals surface area contributed by atoms with Gasteiger partial charge in [0.1, 0.15) is 104 Å². The molecule has 5 rings (SSSR count). The van der Waals surface area contributed by atoms with Crippen LogP contribution in [-0.2, 0) is 61.9 Å². The van der Waals surface area contributed by atoms with Crippen LogP contribution in [0, 0.1) is 14.9 Å². The number of rotatable bonds is 27. The first-order valence-corrected chi connectivity index (χ1v) is 29.6. The van der Waals surface area contributed by atoms with Crippen LogP contribution in [0.15, 0.2) is 0 Å². The van der Waals surface area contributed by atoms with Crippen LogP contribution in [0.5, 0.6) is 0 Å². The molecule has 5 aliphatic heterocycles. The molecule has 5 fully saturated rings. The number of aliphatic hydroxyl groups is 3. The first-order chi connectivity index (χ1) is 37.2. The number of morpholine rings is 4. The highest BCUT2D eigenvalue weighted by Gasteiger charge is 2.37. The number of nitrogens with one attached hydrogen (secondary N) is 4. The van der Waals surface area contributed by atoms with Crippen LogP contribution < -0.4 is 20.4 Å². The molecule has 0 aromatic rings. The van der Waals surface area contributed by atoms with Gasteiger partial charge in [-0.3, -0.25) is 4.79 Å². The summed E-state index contributed by atoms with van der Waals surface area (Å²) in [5, 5.41) is 36.3. The van der Waals surface area contributed by atoms with Crippen molar-refractivity contribution < 1.29 is 100 Å². The molecule has 504 valence electrons. The Balaban J connectivity index is -0.000000306. The molecule has 0 radical (unpaired) electrons. The third-order valence-electron chi connectivity index (χ3n) is 13.7.